The van der Waals surface area contributed by atoms with E-state index in [2.05, 4.69) is 20.2 Å². The van der Waals surface area contributed by atoms with Crippen LogP contribution in [-0.2, 0) is 6.54 Å². The molecule has 3 rings (SSSR count). The van der Waals surface area contributed by atoms with Gasteiger partial charge in [-0.25, -0.2) is 14.4 Å². The third-order valence-electron chi connectivity index (χ3n) is 4.43. The van der Waals surface area contributed by atoms with E-state index in [0.29, 0.717) is 23.9 Å². The van der Waals surface area contributed by atoms with Crippen molar-refractivity contribution in [3.63, 3.8) is 0 Å². The van der Waals surface area contributed by atoms with Gasteiger partial charge in [0.05, 0.1) is 0 Å². The Morgan fingerprint density at radius 2 is 1.68 bits per heavy atom. The summed E-state index contributed by atoms with van der Waals surface area (Å²) in [6.07, 6.45) is 0. The number of anilines is 1. The van der Waals surface area contributed by atoms with Gasteiger partial charge < -0.3 is 10.2 Å². The van der Waals surface area contributed by atoms with Crippen LogP contribution in [0.2, 0.25) is 0 Å². The predicted octanol–water partition coefficient (Wildman–Crippen LogP) is 4.06. The summed E-state index contributed by atoms with van der Waals surface area (Å²) in [6.45, 7) is 5.94. The number of rotatable bonds is 7. The summed E-state index contributed by atoms with van der Waals surface area (Å²) in [6, 6.07) is 17.3. The molecular formula is C22H23FN4O. The zero-order valence-electron chi connectivity index (χ0n) is 16.0. The fraction of sp³-hybridized carbons (Fsp3) is 0.227. The fourth-order valence-electron chi connectivity index (χ4n) is 2.85. The van der Waals surface area contributed by atoms with Crippen molar-refractivity contribution < 1.29 is 9.18 Å². The highest BCUT2D eigenvalue weighted by Crippen LogP contribution is 2.20. The Kier molecular flexibility index (Phi) is 6.32. The molecule has 3 aromatic rings. The summed E-state index contributed by atoms with van der Waals surface area (Å²) in [5, 5.41) is 2.85. The second-order valence-corrected chi connectivity index (χ2v) is 6.28. The van der Waals surface area contributed by atoms with E-state index in [-0.39, 0.29) is 11.7 Å². The molecule has 6 heteroatoms. The molecule has 0 saturated carbocycles. The lowest BCUT2D eigenvalue weighted by Gasteiger charge is -2.21. The number of hydrogen-bond acceptors (Lipinski definition) is 4. The molecule has 28 heavy (non-hydrogen) atoms. The van der Waals surface area contributed by atoms with E-state index < -0.39 is 0 Å². The van der Waals surface area contributed by atoms with Gasteiger partial charge in [0.2, 0.25) is 0 Å². The molecule has 0 spiro atoms. The van der Waals surface area contributed by atoms with Crippen LogP contribution in [0.3, 0.4) is 0 Å². The van der Waals surface area contributed by atoms with Crippen molar-refractivity contribution in [2.75, 3.05) is 18.0 Å². The molecule has 0 bridgehead atoms. The van der Waals surface area contributed by atoms with Gasteiger partial charge in [0.25, 0.3) is 5.91 Å². The monoisotopic (exact) mass is 378 g/mol. The highest BCUT2D eigenvalue weighted by molar-refractivity contribution is 5.93. The molecule has 0 atom stereocenters. The number of carbonyl (C=O) groups excluding carboxylic acids is 1. The number of amides is 1. The largest absolute Gasteiger partial charge is 0.357 e. The Bertz CT molecular complexity index is 925. The molecule has 2 aromatic carbocycles. The fourth-order valence-corrected chi connectivity index (χ4v) is 2.85. The van der Waals surface area contributed by atoms with Crippen molar-refractivity contribution in [1.29, 1.82) is 0 Å². The molecule has 1 aromatic heterocycles. The van der Waals surface area contributed by atoms with Crippen molar-refractivity contribution in [3.05, 3.63) is 77.7 Å². The Balaban J connectivity index is 1.88. The SMILES string of the molecule is CCN(CC)c1cc(C(=O)NCc2ccc(F)cc2)nc(-c2ccccc2)n1. The summed E-state index contributed by atoms with van der Waals surface area (Å²) in [7, 11) is 0. The van der Waals surface area contributed by atoms with Gasteiger partial charge in [-0.2, -0.15) is 0 Å². The first-order valence-electron chi connectivity index (χ1n) is 9.32. The van der Waals surface area contributed by atoms with E-state index in [9.17, 15) is 9.18 Å². The Hall–Kier alpha value is -3.28. The highest BCUT2D eigenvalue weighted by atomic mass is 19.1. The van der Waals surface area contributed by atoms with E-state index in [0.717, 1.165) is 24.2 Å². The van der Waals surface area contributed by atoms with Gasteiger partial charge in [-0.05, 0) is 31.5 Å². The van der Waals surface area contributed by atoms with Gasteiger partial charge in [-0.1, -0.05) is 42.5 Å². The van der Waals surface area contributed by atoms with Crippen LogP contribution in [0.25, 0.3) is 11.4 Å². The molecule has 0 aliphatic heterocycles. The average molecular weight is 378 g/mol. The zero-order valence-corrected chi connectivity index (χ0v) is 16.0. The van der Waals surface area contributed by atoms with Crippen LogP contribution in [0.1, 0.15) is 29.9 Å². The van der Waals surface area contributed by atoms with Crippen LogP contribution >= 0.6 is 0 Å². The summed E-state index contributed by atoms with van der Waals surface area (Å²) < 4.78 is 13.0. The Morgan fingerprint density at radius 3 is 2.32 bits per heavy atom. The van der Waals surface area contributed by atoms with Gasteiger partial charge in [-0.15, -0.1) is 0 Å². The number of aromatic nitrogens is 2. The molecule has 0 aliphatic rings. The first-order chi connectivity index (χ1) is 13.6. The van der Waals surface area contributed by atoms with Gasteiger partial charge in [0, 0.05) is 31.3 Å². The van der Waals surface area contributed by atoms with E-state index in [1.165, 1.54) is 12.1 Å². The zero-order chi connectivity index (χ0) is 19.9. The lowest BCUT2D eigenvalue weighted by molar-refractivity contribution is 0.0946. The first kappa shape index (κ1) is 19.5. The van der Waals surface area contributed by atoms with Crippen LogP contribution in [0.4, 0.5) is 10.2 Å². The summed E-state index contributed by atoms with van der Waals surface area (Å²) in [5.41, 5.74) is 1.97. The normalized spacial score (nSPS) is 10.5. The number of nitrogens with one attached hydrogen (secondary N) is 1. The predicted molar refractivity (Wildman–Crippen MR) is 109 cm³/mol. The van der Waals surface area contributed by atoms with Crippen LogP contribution in [0.5, 0.6) is 0 Å². The number of nitrogens with zero attached hydrogens (tertiary/aromatic N) is 3. The smallest absolute Gasteiger partial charge is 0.270 e. The van der Waals surface area contributed by atoms with Gasteiger partial charge in [-0.3, -0.25) is 4.79 Å². The summed E-state index contributed by atoms with van der Waals surface area (Å²) in [4.78, 5) is 23.9. The summed E-state index contributed by atoms with van der Waals surface area (Å²) >= 11 is 0. The van der Waals surface area contributed by atoms with Gasteiger partial charge in [0.15, 0.2) is 5.82 Å². The number of carbonyl (C=O) groups is 1. The van der Waals surface area contributed by atoms with E-state index >= 15 is 0 Å². The molecule has 0 aliphatic carbocycles. The van der Waals surface area contributed by atoms with Crippen molar-refractivity contribution in [3.8, 4) is 11.4 Å². The average Bonchev–Trinajstić information content (AvgIpc) is 2.74. The van der Waals surface area contributed by atoms with Crippen LogP contribution < -0.4 is 10.2 Å². The third kappa shape index (κ3) is 4.71. The number of halogens is 1. The van der Waals surface area contributed by atoms with Crippen molar-refractivity contribution in [2.24, 2.45) is 0 Å². The Labute approximate surface area is 164 Å². The van der Waals surface area contributed by atoms with E-state index in [1.54, 1.807) is 18.2 Å². The molecule has 1 heterocycles. The van der Waals surface area contributed by atoms with Crippen LogP contribution in [0.15, 0.2) is 60.7 Å². The molecule has 0 unspecified atom stereocenters. The quantitative estimate of drug-likeness (QED) is 0.674. The molecule has 1 N–H and O–H groups in total. The number of hydrogen-bond donors (Lipinski definition) is 1. The lowest BCUT2D eigenvalue weighted by Crippen LogP contribution is -2.27. The standard InChI is InChI=1S/C22H23FN4O/c1-3-27(4-2)20-14-19(25-21(26-20)17-8-6-5-7-9-17)22(28)24-15-16-10-12-18(23)13-11-16/h5-14H,3-4,15H2,1-2H3,(H,24,28). The first-order valence-corrected chi connectivity index (χ1v) is 9.32. The highest BCUT2D eigenvalue weighted by Gasteiger charge is 2.15. The third-order valence-corrected chi connectivity index (χ3v) is 4.43. The minimum atomic E-state index is -0.303. The second kappa shape index (κ2) is 9.08. The molecule has 0 radical (unpaired) electrons. The summed E-state index contributed by atoms with van der Waals surface area (Å²) in [5.74, 6) is 0.627. The number of benzene rings is 2. The maximum atomic E-state index is 13.0. The lowest BCUT2D eigenvalue weighted by atomic mass is 10.2. The molecule has 1 amide bonds. The van der Waals surface area contributed by atoms with Crippen molar-refractivity contribution in [2.45, 2.75) is 20.4 Å². The van der Waals surface area contributed by atoms with Crippen molar-refractivity contribution >= 4 is 11.7 Å². The van der Waals surface area contributed by atoms with Gasteiger partial charge >= 0.3 is 0 Å². The maximum absolute atomic E-state index is 13.0. The van der Waals surface area contributed by atoms with Crippen LogP contribution in [0, 0.1) is 5.82 Å². The topological polar surface area (TPSA) is 58.1 Å². The second-order valence-electron chi connectivity index (χ2n) is 6.28. The van der Waals surface area contributed by atoms with E-state index in [4.69, 9.17) is 0 Å². The van der Waals surface area contributed by atoms with E-state index in [1.807, 2.05) is 44.2 Å². The Morgan fingerprint density at radius 1 is 1.00 bits per heavy atom. The van der Waals surface area contributed by atoms with Gasteiger partial charge in [0.1, 0.15) is 17.3 Å². The minimum absolute atomic E-state index is 0.294. The maximum Gasteiger partial charge on any atom is 0.270 e. The molecule has 5 nitrogen and oxygen atoms in total. The van der Waals surface area contributed by atoms with Crippen LogP contribution in [-0.4, -0.2) is 29.0 Å². The minimum Gasteiger partial charge on any atom is -0.357 e. The van der Waals surface area contributed by atoms with Crippen molar-refractivity contribution in [1.82, 2.24) is 15.3 Å². The molecular weight excluding hydrogens is 355 g/mol. The molecule has 0 saturated heterocycles. The molecule has 0 fully saturated rings. The molecule has 144 valence electrons.